The van der Waals surface area contributed by atoms with E-state index < -0.39 is 0 Å². The first-order valence-corrected chi connectivity index (χ1v) is 12.3. The third-order valence-electron chi connectivity index (χ3n) is 5.73. The van der Waals surface area contributed by atoms with E-state index in [9.17, 15) is 9.59 Å². The Bertz CT molecular complexity index is 1280. The fourth-order valence-corrected chi connectivity index (χ4v) is 4.82. The third kappa shape index (κ3) is 5.63. The summed E-state index contributed by atoms with van der Waals surface area (Å²) >= 11 is 1.59. The maximum atomic E-state index is 12.7. The minimum atomic E-state index is -0.346. The maximum Gasteiger partial charge on any atom is 0.306 e. The molecule has 178 valence electrons. The van der Waals surface area contributed by atoms with Crippen LogP contribution in [0.25, 0.3) is 27.0 Å². The van der Waals surface area contributed by atoms with Crippen molar-refractivity contribution in [2.24, 2.45) is 0 Å². The first kappa shape index (κ1) is 23.9. The quantitative estimate of drug-likeness (QED) is 0.295. The number of carbonyl (C=O) groups is 2. The maximum absolute atomic E-state index is 12.7. The van der Waals surface area contributed by atoms with Crippen LogP contribution >= 0.6 is 11.3 Å². The van der Waals surface area contributed by atoms with E-state index in [2.05, 4.69) is 46.3 Å². The Balaban J connectivity index is 1.46. The van der Waals surface area contributed by atoms with Crippen LogP contribution in [0.1, 0.15) is 25.5 Å². The van der Waals surface area contributed by atoms with Crippen molar-refractivity contribution in [3.63, 3.8) is 0 Å². The van der Waals surface area contributed by atoms with Gasteiger partial charge in [0.2, 0.25) is 5.91 Å². The summed E-state index contributed by atoms with van der Waals surface area (Å²) in [5.74, 6) is -0.416. The highest BCUT2D eigenvalue weighted by Crippen LogP contribution is 2.27. The van der Waals surface area contributed by atoms with Crippen LogP contribution in [0, 0.1) is 0 Å². The minimum Gasteiger partial charge on any atom is -0.466 e. The second kappa shape index (κ2) is 11.3. The average molecular weight is 480 g/mol. The van der Waals surface area contributed by atoms with Gasteiger partial charge in [0.15, 0.2) is 4.96 Å². The molecule has 2 aromatic carbocycles. The lowest BCUT2D eigenvalue weighted by atomic mass is 10.1. The van der Waals surface area contributed by atoms with Crippen molar-refractivity contribution >= 4 is 38.9 Å². The summed E-state index contributed by atoms with van der Waals surface area (Å²) in [6.45, 7) is 3.55. The number of methoxy groups -OCH3 is 1. The summed E-state index contributed by atoms with van der Waals surface area (Å²) in [5.41, 5.74) is 3.11. The van der Waals surface area contributed by atoms with Crippen LogP contribution in [0.2, 0.25) is 0 Å². The SMILES string of the molecule is CCOC(=O)CCC(=O)N(CCOC)CCc1csc2nc(-c3ccc4ccccc4c3)cn12. The first-order chi connectivity index (χ1) is 16.6. The zero-order chi connectivity index (χ0) is 23.9. The van der Waals surface area contributed by atoms with E-state index >= 15 is 0 Å². The molecule has 0 N–H and O–H groups in total. The van der Waals surface area contributed by atoms with Crippen LogP contribution in [0.3, 0.4) is 0 Å². The molecule has 7 nitrogen and oxygen atoms in total. The molecule has 0 aliphatic rings. The largest absolute Gasteiger partial charge is 0.466 e. The second-order valence-electron chi connectivity index (χ2n) is 8.00. The van der Waals surface area contributed by atoms with Crippen molar-refractivity contribution in [3.05, 3.63) is 59.7 Å². The van der Waals surface area contributed by atoms with Gasteiger partial charge in [-0.05, 0) is 23.8 Å². The molecule has 0 bridgehead atoms. The molecule has 8 heteroatoms. The molecular formula is C26H29N3O4S. The molecule has 0 fully saturated rings. The highest BCUT2D eigenvalue weighted by molar-refractivity contribution is 7.15. The fraction of sp³-hybridized carbons (Fsp3) is 0.346. The molecule has 0 aliphatic carbocycles. The highest BCUT2D eigenvalue weighted by atomic mass is 32.1. The third-order valence-corrected chi connectivity index (χ3v) is 6.62. The van der Waals surface area contributed by atoms with E-state index in [0.29, 0.717) is 32.7 Å². The Morgan fingerprint density at radius 2 is 1.91 bits per heavy atom. The number of thiazole rings is 1. The van der Waals surface area contributed by atoms with E-state index in [4.69, 9.17) is 14.5 Å². The summed E-state index contributed by atoms with van der Waals surface area (Å²) < 4.78 is 12.2. The number of hydrogen-bond acceptors (Lipinski definition) is 6. The predicted octanol–water partition coefficient (Wildman–Crippen LogP) is 4.58. The number of carbonyl (C=O) groups excluding carboxylic acids is 2. The fourth-order valence-electron chi connectivity index (χ4n) is 3.91. The lowest BCUT2D eigenvalue weighted by molar-refractivity contribution is -0.145. The Labute approximate surface area is 202 Å². The van der Waals surface area contributed by atoms with Crippen LogP contribution < -0.4 is 0 Å². The lowest BCUT2D eigenvalue weighted by Crippen LogP contribution is -2.36. The minimum absolute atomic E-state index is 0.0703. The molecule has 0 saturated carbocycles. The van der Waals surface area contributed by atoms with E-state index in [0.717, 1.165) is 21.9 Å². The summed E-state index contributed by atoms with van der Waals surface area (Å²) in [5, 5.41) is 4.48. The van der Waals surface area contributed by atoms with Gasteiger partial charge in [-0.3, -0.25) is 14.0 Å². The van der Waals surface area contributed by atoms with Crippen molar-refractivity contribution in [2.45, 2.75) is 26.2 Å². The molecule has 0 saturated heterocycles. The number of aromatic nitrogens is 2. The second-order valence-corrected chi connectivity index (χ2v) is 8.83. The molecule has 34 heavy (non-hydrogen) atoms. The normalized spacial score (nSPS) is 11.2. The van der Waals surface area contributed by atoms with Gasteiger partial charge in [-0.15, -0.1) is 11.3 Å². The van der Waals surface area contributed by atoms with Crippen LogP contribution in [0.15, 0.2) is 54.0 Å². The number of rotatable bonds is 11. The van der Waals surface area contributed by atoms with Crippen LogP contribution in [-0.2, 0) is 25.5 Å². The molecule has 0 radical (unpaired) electrons. The van der Waals surface area contributed by atoms with Crippen LogP contribution in [0.4, 0.5) is 0 Å². The van der Waals surface area contributed by atoms with Gasteiger partial charge in [0.1, 0.15) is 0 Å². The van der Waals surface area contributed by atoms with Gasteiger partial charge in [0.25, 0.3) is 0 Å². The number of imidazole rings is 1. The predicted molar refractivity (Wildman–Crippen MR) is 134 cm³/mol. The van der Waals surface area contributed by atoms with Gasteiger partial charge in [-0.1, -0.05) is 36.4 Å². The lowest BCUT2D eigenvalue weighted by Gasteiger charge is -2.22. The summed E-state index contributed by atoms with van der Waals surface area (Å²) in [7, 11) is 1.61. The average Bonchev–Trinajstić information content (AvgIpc) is 3.44. The van der Waals surface area contributed by atoms with Crippen molar-refractivity contribution in [1.82, 2.24) is 14.3 Å². The summed E-state index contributed by atoms with van der Waals surface area (Å²) in [4.78, 5) is 31.9. The highest BCUT2D eigenvalue weighted by Gasteiger charge is 2.17. The van der Waals surface area contributed by atoms with E-state index in [1.54, 1.807) is 30.3 Å². The van der Waals surface area contributed by atoms with Gasteiger partial charge in [-0.25, -0.2) is 4.98 Å². The number of hydrogen-bond donors (Lipinski definition) is 0. The molecule has 0 unspecified atom stereocenters. The number of fused-ring (bicyclic) bond motifs is 2. The van der Waals surface area contributed by atoms with Crippen molar-refractivity contribution in [3.8, 4) is 11.3 Å². The van der Waals surface area contributed by atoms with E-state index in [-0.39, 0.29) is 24.7 Å². The standard InChI is InChI=1S/C26H29N3O4S/c1-3-33-25(31)11-10-24(30)28(14-15-32-2)13-12-22-18-34-26-27-23(17-29(22)26)21-9-8-19-6-4-5-7-20(19)16-21/h4-9,16-18H,3,10-15H2,1-2H3. The van der Waals surface area contributed by atoms with E-state index in [1.807, 2.05) is 12.1 Å². The molecule has 4 aromatic rings. The topological polar surface area (TPSA) is 73.1 Å². The Morgan fingerprint density at radius 1 is 1.09 bits per heavy atom. The zero-order valence-electron chi connectivity index (χ0n) is 19.5. The molecular weight excluding hydrogens is 450 g/mol. The summed E-state index contributed by atoms with van der Waals surface area (Å²) in [6.07, 6.45) is 2.98. The van der Waals surface area contributed by atoms with Crippen molar-refractivity contribution in [2.75, 3.05) is 33.4 Å². The molecule has 0 spiro atoms. The van der Waals surface area contributed by atoms with E-state index in [1.165, 1.54) is 10.8 Å². The number of benzene rings is 2. The van der Waals surface area contributed by atoms with Gasteiger partial charge in [0, 0.05) is 55.9 Å². The molecule has 0 aliphatic heterocycles. The Hall–Kier alpha value is -3.23. The van der Waals surface area contributed by atoms with Crippen LogP contribution in [0.5, 0.6) is 0 Å². The monoisotopic (exact) mass is 479 g/mol. The van der Waals surface area contributed by atoms with Gasteiger partial charge in [0.05, 0.1) is 25.3 Å². The smallest absolute Gasteiger partial charge is 0.306 e. The van der Waals surface area contributed by atoms with Crippen molar-refractivity contribution < 1.29 is 19.1 Å². The van der Waals surface area contributed by atoms with Gasteiger partial charge < -0.3 is 14.4 Å². The summed E-state index contributed by atoms with van der Waals surface area (Å²) in [6, 6.07) is 14.7. The molecule has 2 aromatic heterocycles. The number of esters is 1. The van der Waals surface area contributed by atoms with Gasteiger partial charge >= 0.3 is 5.97 Å². The van der Waals surface area contributed by atoms with Crippen molar-refractivity contribution in [1.29, 1.82) is 0 Å². The first-order valence-electron chi connectivity index (χ1n) is 11.5. The Morgan fingerprint density at radius 3 is 2.71 bits per heavy atom. The zero-order valence-corrected chi connectivity index (χ0v) is 20.3. The van der Waals surface area contributed by atoms with Gasteiger partial charge in [-0.2, -0.15) is 0 Å². The molecule has 0 atom stereocenters. The Kier molecular flexibility index (Phi) is 7.92. The molecule has 1 amide bonds. The molecule has 2 heterocycles. The molecule has 4 rings (SSSR count). The number of nitrogens with zero attached hydrogens (tertiary/aromatic N) is 3. The number of ether oxygens (including phenoxy) is 2. The van der Waals surface area contributed by atoms with Crippen LogP contribution in [-0.4, -0.2) is 59.6 Å². The number of amides is 1.